The average molecular weight is 370 g/mol. The second-order valence-corrected chi connectivity index (χ2v) is 6.29. The molecule has 1 aromatic carbocycles. The lowest BCUT2D eigenvalue weighted by molar-refractivity contribution is 0.0430. The molecule has 0 radical (unpaired) electrons. The van der Waals surface area contributed by atoms with Crippen LogP contribution in [0.3, 0.4) is 0 Å². The van der Waals surface area contributed by atoms with Crippen molar-refractivity contribution in [2.75, 3.05) is 31.9 Å². The topological polar surface area (TPSA) is 78.2 Å². The van der Waals surface area contributed by atoms with E-state index >= 15 is 0 Å². The van der Waals surface area contributed by atoms with E-state index in [-0.39, 0.29) is 11.9 Å². The zero-order valence-corrected chi connectivity index (χ0v) is 15.0. The van der Waals surface area contributed by atoms with E-state index in [0.717, 1.165) is 5.69 Å². The molecule has 1 fully saturated rings. The van der Waals surface area contributed by atoms with Crippen molar-refractivity contribution in [2.45, 2.75) is 6.10 Å². The molecule has 1 saturated heterocycles. The number of halogens is 1. The van der Waals surface area contributed by atoms with Crippen LogP contribution in [-0.4, -0.2) is 58.3 Å². The Morgan fingerprint density at radius 2 is 2.19 bits per heavy atom. The molecule has 0 amide bonds. The van der Waals surface area contributed by atoms with Crippen molar-refractivity contribution >= 4 is 5.69 Å². The fourth-order valence-electron chi connectivity index (χ4n) is 3.02. The molecule has 9 heteroatoms. The molecule has 27 heavy (non-hydrogen) atoms. The van der Waals surface area contributed by atoms with Crippen LogP contribution < -0.4 is 4.90 Å². The maximum atomic E-state index is 14.7. The largest absolute Gasteiger partial charge is 0.382 e. The van der Waals surface area contributed by atoms with E-state index in [1.807, 2.05) is 11.0 Å². The van der Waals surface area contributed by atoms with E-state index in [1.165, 1.54) is 10.9 Å². The van der Waals surface area contributed by atoms with Crippen molar-refractivity contribution in [3.8, 4) is 22.6 Å². The first kappa shape index (κ1) is 17.5. The summed E-state index contributed by atoms with van der Waals surface area (Å²) in [4.78, 5) is 7.67. The number of hydrogen-bond donors (Lipinski definition) is 0. The van der Waals surface area contributed by atoms with Crippen LogP contribution in [0.25, 0.3) is 22.6 Å². The summed E-state index contributed by atoms with van der Waals surface area (Å²) in [7, 11) is 3.32. The second kappa shape index (κ2) is 7.37. The lowest BCUT2D eigenvalue weighted by Gasteiger charge is -2.17. The zero-order valence-electron chi connectivity index (χ0n) is 15.0. The Morgan fingerprint density at radius 1 is 1.30 bits per heavy atom. The zero-order chi connectivity index (χ0) is 18.8. The van der Waals surface area contributed by atoms with Crippen molar-refractivity contribution in [2.24, 2.45) is 7.05 Å². The van der Waals surface area contributed by atoms with E-state index < -0.39 is 0 Å². The highest BCUT2D eigenvalue weighted by molar-refractivity contribution is 5.68. The number of ether oxygens (including phenoxy) is 2. The third-order valence-corrected chi connectivity index (χ3v) is 4.37. The molecule has 0 spiro atoms. The van der Waals surface area contributed by atoms with Crippen LogP contribution in [0.2, 0.25) is 0 Å². The number of anilines is 1. The van der Waals surface area contributed by atoms with Gasteiger partial charge in [-0.1, -0.05) is 6.07 Å². The van der Waals surface area contributed by atoms with E-state index in [9.17, 15) is 4.39 Å². The Morgan fingerprint density at radius 3 is 2.85 bits per heavy atom. The molecule has 2 aromatic heterocycles. The van der Waals surface area contributed by atoms with Crippen molar-refractivity contribution in [1.82, 2.24) is 25.2 Å². The fourth-order valence-corrected chi connectivity index (χ4v) is 3.02. The van der Waals surface area contributed by atoms with Gasteiger partial charge in [0.05, 0.1) is 13.7 Å². The Labute approximate surface area is 155 Å². The molecule has 0 N–H and O–H groups in total. The number of aryl methyl sites for hydroxylation is 1. The van der Waals surface area contributed by atoms with Gasteiger partial charge in [-0.25, -0.2) is 4.39 Å². The minimum atomic E-state index is -0.310. The summed E-state index contributed by atoms with van der Waals surface area (Å²) in [5, 5.41) is 11.8. The van der Waals surface area contributed by atoms with Gasteiger partial charge in [-0.3, -0.25) is 4.98 Å². The molecule has 1 aliphatic heterocycles. The van der Waals surface area contributed by atoms with Crippen LogP contribution in [0, 0.1) is 5.82 Å². The fraction of sp³-hybridized carbons (Fsp3) is 0.333. The van der Waals surface area contributed by atoms with Crippen molar-refractivity contribution < 1.29 is 13.9 Å². The number of tetrazole rings is 1. The summed E-state index contributed by atoms with van der Waals surface area (Å²) >= 11 is 0. The number of rotatable bonds is 5. The Balaban J connectivity index is 1.53. The molecular weight excluding hydrogens is 351 g/mol. The SMILES string of the molecule is COC[C@H]1CN(c2ccc(-c3ccc(-c4nnn(C)n4)nc3)c(F)c2)CO1. The minimum Gasteiger partial charge on any atom is -0.382 e. The van der Waals surface area contributed by atoms with Gasteiger partial charge in [0.15, 0.2) is 0 Å². The Bertz CT molecular complexity index is 930. The third-order valence-electron chi connectivity index (χ3n) is 4.37. The first-order valence-electron chi connectivity index (χ1n) is 8.50. The summed E-state index contributed by atoms with van der Waals surface area (Å²) in [6, 6.07) is 8.71. The number of methoxy groups -OCH3 is 1. The normalized spacial score (nSPS) is 16.9. The van der Waals surface area contributed by atoms with Gasteiger partial charge in [0.25, 0.3) is 0 Å². The van der Waals surface area contributed by atoms with Gasteiger partial charge >= 0.3 is 0 Å². The average Bonchev–Trinajstić information content (AvgIpc) is 3.31. The maximum Gasteiger partial charge on any atom is 0.223 e. The standard InChI is InChI=1S/C18H19FN6O2/c1-24-22-18(21-23-24)17-6-3-12(8-20-17)15-5-4-13(7-16(15)19)25-9-14(10-26-2)27-11-25/h3-8,14H,9-11H2,1-2H3/t14-/m1/s1. The number of aromatic nitrogens is 5. The number of benzene rings is 1. The highest BCUT2D eigenvalue weighted by atomic mass is 19.1. The smallest absolute Gasteiger partial charge is 0.223 e. The summed E-state index contributed by atoms with van der Waals surface area (Å²) in [5.74, 6) is 0.120. The quantitative estimate of drug-likeness (QED) is 0.679. The molecule has 1 aliphatic rings. The first-order valence-corrected chi connectivity index (χ1v) is 8.50. The highest BCUT2D eigenvalue weighted by Crippen LogP contribution is 2.28. The predicted octanol–water partition coefficient (Wildman–Crippen LogP) is 1.89. The molecular formula is C18H19FN6O2. The molecule has 0 aliphatic carbocycles. The monoisotopic (exact) mass is 370 g/mol. The maximum absolute atomic E-state index is 14.7. The molecule has 0 unspecified atom stereocenters. The van der Waals surface area contributed by atoms with Gasteiger partial charge in [0.2, 0.25) is 5.82 Å². The molecule has 0 saturated carbocycles. The molecule has 3 heterocycles. The molecule has 1 atom stereocenters. The van der Waals surface area contributed by atoms with Crippen molar-refractivity contribution in [3.63, 3.8) is 0 Å². The van der Waals surface area contributed by atoms with E-state index in [4.69, 9.17) is 9.47 Å². The predicted molar refractivity (Wildman–Crippen MR) is 96.4 cm³/mol. The van der Waals surface area contributed by atoms with Crippen molar-refractivity contribution in [1.29, 1.82) is 0 Å². The minimum absolute atomic E-state index is 0.00387. The van der Waals surface area contributed by atoms with E-state index in [2.05, 4.69) is 20.4 Å². The summed E-state index contributed by atoms with van der Waals surface area (Å²) in [6.45, 7) is 1.62. The summed E-state index contributed by atoms with van der Waals surface area (Å²) in [6.07, 6.45) is 1.61. The van der Waals surface area contributed by atoms with Crippen LogP contribution >= 0.6 is 0 Å². The lowest BCUT2D eigenvalue weighted by Crippen LogP contribution is -2.23. The van der Waals surface area contributed by atoms with Gasteiger partial charge in [-0.15, -0.1) is 10.2 Å². The van der Waals surface area contributed by atoms with E-state index in [0.29, 0.717) is 42.5 Å². The van der Waals surface area contributed by atoms with Gasteiger partial charge < -0.3 is 14.4 Å². The van der Waals surface area contributed by atoms with Gasteiger partial charge in [0, 0.05) is 36.7 Å². The van der Waals surface area contributed by atoms with Crippen LogP contribution in [0.15, 0.2) is 36.5 Å². The Hall–Kier alpha value is -2.91. The molecule has 4 rings (SSSR count). The van der Waals surface area contributed by atoms with Gasteiger partial charge in [0.1, 0.15) is 24.3 Å². The Kier molecular flexibility index (Phi) is 4.78. The van der Waals surface area contributed by atoms with Crippen LogP contribution in [0.4, 0.5) is 10.1 Å². The molecule has 0 bridgehead atoms. The highest BCUT2D eigenvalue weighted by Gasteiger charge is 2.24. The van der Waals surface area contributed by atoms with Crippen LogP contribution in [0.5, 0.6) is 0 Å². The number of hydrogen-bond acceptors (Lipinski definition) is 7. The number of pyridine rings is 1. The lowest BCUT2D eigenvalue weighted by atomic mass is 10.1. The van der Waals surface area contributed by atoms with Crippen LogP contribution in [0.1, 0.15) is 0 Å². The van der Waals surface area contributed by atoms with Gasteiger partial charge in [-0.05, 0) is 29.5 Å². The van der Waals surface area contributed by atoms with Gasteiger partial charge in [-0.2, -0.15) is 4.80 Å². The molecule has 3 aromatic rings. The first-order chi connectivity index (χ1) is 13.1. The third kappa shape index (κ3) is 3.64. The summed E-state index contributed by atoms with van der Waals surface area (Å²) in [5.41, 5.74) is 2.53. The summed E-state index contributed by atoms with van der Waals surface area (Å²) < 4.78 is 25.4. The van der Waals surface area contributed by atoms with Crippen molar-refractivity contribution in [3.05, 3.63) is 42.3 Å². The molecule has 140 valence electrons. The number of nitrogens with zero attached hydrogens (tertiary/aromatic N) is 6. The van der Waals surface area contributed by atoms with E-state index in [1.54, 1.807) is 38.6 Å². The van der Waals surface area contributed by atoms with Crippen LogP contribution in [-0.2, 0) is 16.5 Å². The second-order valence-electron chi connectivity index (χ2n) is 6.29. The molecule has 8 nitrogen and oxygen atoms in total.